The molecule has 2 atom stereocenters. The molecule has 2 N–H and O–H groups in total. The number of nitrogen functional groups attached to an aromatic ring is 1. The molecule has 0 saturated carbocycles. The van der Waals surface area contributed by atoms with Crippen LogP contribution in [0.15, 0.2) is 18.2 Å². The number of halogens is 1. The van der Waals surface area contributed by atoms with Crippen molar-refractivity contribution in [1.29, 1.82) is 0 Å². The Balaban J connectivity index is 2.02. The fraction of sp³-hybridized carbons (Fsp3) is 0.571. The van der Waals surface area contributed by atoms with Crippen molar-refractivity contribution in [2.75, 3.05) is 18.8 Å². The van der Waals surface area contributed by atoms with Gasteiger partial charge in [-0.1, -0.05) is 31.5 Å². The maximum atomic E-state index is 6.05. The highest BCUT2D eigenvalue weighted by atomic mass is 35.5. The average molecular weight is 253 g/mol. The second kappa shape index (κ2) is 5.28. The van der Waals surface area contributed by atoms with E-state index >= 15 is 0 Å². The number of likely N-dealkylation sites (tertiary alicyclic amines) is 1. The zero-order valence-electron chi connectivity index (χ0n) is 10.6. The Morgan fingerprint density at radius 2 is 1.94 bits per heavy atom. The Morgan fingerprint density at radius 1 is 1.29 bits per heavy atom. The molecule has 1 aromatic rings. The summed E-state index contributed by atoms with van der Waals surface area (Å²) in [5, 5.41) is 0.667. The molecule has 0 radical (unpaired) electrons. The molecule has 1 fully saturated rings. The molecule has 2 nitrogen and oxygen atoms in total. The predicted octanol–water partition coefficient (Wildman–Crippen LogP) is 3.40. The van der Waals surface area contributed by atoms with Crippen LogP contribution in [0.2, 0.25) is 5.02 Å². The number of nitrogens with zero attached hydrogens (tertiary/aromatic N) is 1. The summed E-state index contributed by atoms with van der Waals surface area (Å²) in [5.74, 6) is 1.59. The fourth-order valence-electron chi connectivity index (χ4n) is 2.85. The van der Waals surface area contributed by atoms with E-state index in [0.717, 1.165) is 18.4 Å². The number of hydrogen-bond donors (Lipinski definition) is 1. The lowest BCUT2D eigenvalue weighted by Gasteiger charge is -2.35. The van der Waals surface area contributed by atoms with Crippen LogP contribution in [0.5, 0.6) is 0 Å². The van der Waals surface area contributed by atoms with Crippen LogP contribution >= 0.6 is 11.6 Å². The molecule has 0 bridgehead atoms. The average Bonchev–Trinajstić information content (AvgIpc) is 2.22. The first-order chi connectivity index (χ1) is 8.04. The largest absolute Gasteiger partial charge is 0.398 e. The molecule has 0 amide bonds. The number of piperidine rings is 1. The van der Waals surface area contributed by atoms with E-state index in [1.165, 1.54) is 25.1 Å². The normalized spacial score (nSPS) is 26.1. The topological polar surface area (TPSA) is 29.3 Å². The first kappa shape index (κ1) is 12.7. The fourth-order valence-corrected chi connectivity index (χ4v) is 3.05. The van der Waals surface area contributed by atoms with Crippen LogP contribution in [0.4, 0.5) is 5.69 Å². The summed E-state index contributed by atoms with van der Waals surface area (Å²) in [5.41, 5.74) is 7.64. The summed E-state index contributed by atoms with van der Waals surface area (Å²) < 4.78 is 0. The van der Waals surface area contributed by atoms with Crippen LogP contribution in [0.3, 0.4) is 0 Å². The minimum absolute atomic E-state index is 0.663. The quantitative estimate of drug-likeness (QED) is 0.818. The van der Waals surface area contributed by atoms with Crippen molar-refractivity contribution in [3.8, 4) is 0 Å². The highest BCUT2D eigenvalue weighted by Crippen LogP contribution is 2.24. The molecule has 1 heterocycles. The molecule has 0 aromatic heterocycles. The number of hydrogen-bond acceptors (Lipinski definition) is 2. The summed E-state index contributed by atoms with van der Waals surface area (Å²) >= 11 is 6.05. The summed E-state index contributed by atoms with van der Waals surface area (Å²) in [7, 11) is 0. The molecular formula is C14H21ClN2. The van der Waals surface area contributed by atoms with Crippen LogP contribution in [0.25, 0.3) is 0 Å². The van der Waals surface area contributed by atoms with E-state index in [4.69, 9.17) is 17.3 Å². The summed E-state index contributed by atoms with van der Waals surface area (Å²) in [6.07, 6.45) is 1.35. The molecule has 94 valence electrons. The lowest BCUT2D eigenvalue weighted by atomic mass is 9.91. The lowest BCUT2D eigenvalue weighted by Crippen LogP contribution is -2.38. The van der Waals surface area contributed by atoms with E-state index < -0.39 is 0 Å². The summed E-state index contributed by atoms with van der Waals surface area (Å²) in [4.78, 5) is 2.51. The van der Waals surface area contributed by atoms with Crippen molar-refractivity contribution in [1.82, 2.24) is 4.90 Å². The molecule has 17 heavy (non-hydrogen) atoms. The SMILES string of the molecule is CC1CC(C)CN(Cc2ccc(N)c(Cl)c2)C1. The van der Waals surface area contributed by atoms with Gasteiger partial charge in [0.15, 0.2) is 0 Å². The first-order valence-electron chi connectivity index (χ1n) is 6.31. The van der Waals surface area contributed by atoms with E-state index in [-0.39, 0.29) is 0 Å². The van der Waals surface area contributed by atoms with Gasteiger partial charge in [-0.05, 0) is 36.0 Å². The molecule has 0 spiro atoms. The summed E-state index contributed by atoms with van der Waals surface area (Å²) in [6, 6.07) is 5.96. The zero-order valence-corrected chi connectivity index (χ0v) is 11.4. The van der Waals surface area contributed by atoms with Gasteiger partial charge in [-0.3, -0.25) is 4.90 Å². The third-order valence-corrected chi connectivity index (χ3v) is 3.74. The maximum Gasteiger partial charge on any atom is 0.0638 e. The van der Waals surface area contributed by atoms with Crippen LogP contribution in [-0.2, 0) is 6.54 Å². The Morgan fingerprint density at radius 3 is 2.53 bits per heavy atom. The highest BCUT2D eigenvalue weighted by Gasteiger charge is 2.21. The van der Waals surface area contributed by atoms with Gasteiger partial charge in [0.2, 0.25) is 0 Å². The van der Waals surface area contributed by atoms with Gasteiger partial charge >= 0.3 is 0 Å². The smallest absolute Gasteiger partial charge is 0.0638 e. The van der Waals surface area contributed by atoms with Gasteiger partial charge < -0.3 is 5.73 Å². The number of benzene rings is 1. The van der Waals surface area contributed by atoms with Crippen molar-refractivity contribution in [2.45, 2.75) is 26.8 Å². The molecule has 1 aliphatic rings. The van der Waals surface area contributed by atoms with Crippen molar-refractivity contribution >= 4 is 17.3 Å². The molecule has 0 aliphatic carbocycles. The van der Waals surface area contributed by atoms with E-state index in [1.807, 2.05) is 12.1 Å². The second-order valence-electron chi connectivity index (χ2n) is 5.50. The number of anilines is 1. The third-order valence-electron chi connectivity index (χ3n) is 3.42. The predicted molar refractivity (Wildman–Crippen MR) is 74.1 cm³/mol. The molecule has 3 heteroatoms. The van der Waals surface area contributed by atoms with Crippen molar-refractivity contribution in [2.24, 2.45) is 11.8 Å². The van der Waals surface area contributed by atoms with Gasteiger partial charge in [-0.15, -0.1) is 0 Å². The van der Waals surface area contributed by atoms with E-state index in [9.17, 15) is 0 Å². The van der Waals surface area contributed by atoms with Gasteiger partial charge in [0.05, 0.1) is 10.7 Å². The third kappa shape index (κ3) is 3.36. The van der Waals surface area contributed by atoms with Crippen LogP contribution in [-0.4, -0.2) is 18.0 Å². The van der Waals surface area contributed by atoms with Crippen molar-refractivity contribution in [3.05, 3.63) is 28.8 Å². The standard InChI is InChI=1S/C14H21ClN2/c1-10-5-11(2)8-17(7-10)9-12-3-4-14(16)13(15)6-12/h3-4,6,10-11H,5,7-9,16H2,1-2H3. The Labute approximate surface area is 109 Å². The summed E-state index contributed by atoms with van der Waals surface area (Å²) in [6.45, 7) is 8.02. The van der Waals surface area contributed by atoms with Crippen LogP contribution in [0, 0.1) is 11.8 Å². The van der Waals surface area contributed by atoms with E-state index in [0.29, 0.717) is 10.7 Å². The first-order valence-corrected chi connectivity index (χ1v) is 6.68. The maximum absolute atomic E-state index is 6.05. The van der Waals surface area contributed by atoms with Crippen molar-refractivity contribution in [3.63, 3.8) is 0 Å². The van der Waals surface area contributed by atoms with E-state index in [1.54, 1.807) is 0 Å². The molecule has 2 rings (SSSR count). The molecule has 1 saturated heterocycles. The lowest BCUT2D eigenvalue weighted by molar-refractivity contribution is 0.134. The van der Waals surface area contributed by atoms with Crippen LogP contribution < -0.4 is 5.73 Å². The Bertz CT molecular complexity index is 382. The minimum Gasteiger partial charge on any atom is -0.398 e. The van der Waals surface area contributed by atoms with Crippen molar-refractivity contribution < 1.29 is 0 Å². The molecule has 2 unspecified atom stereocenters. The zero-order chi connectivity index (χ0) is 12.4. The monoisotopic (exact) mass is 252 g/mol. The van der Waals surface area contributed by atoms with Gasteiger partial charge in [0.1, 0.15) is 0 Å². The second-order valence-corrected chi connectivity index (χ2v) is 5.90. The number of rotatable bonds is 2. The van der Waals surface area contributed by atoms with E-state index in [2.05, 4.69) is 24.8 Å². The van der Waals surface area contributed by atoms with Crippen LogP contribution in [0.1, 0.15) is 25.8 Å². The molecular weight excluding hydrogens is 232 g/mol. The number of nitrogens with two attached hydrogens (primary N) is 1. The van der Waals surface area contributed by atoms with Gasteiger partial charge in [-0.2, -0.15) is 0 Å². The Kier molecular flexibility index (Phi) is 3.95. The molecule has 1 aliphatic heterocycles. The Hall–Kier alpha value is -0.730. The van der Waals surface area contributed by atoms with Gasteiger partial charge in [0, 0.05) is 19.6 Å². The highest BCUT2D eigenvalue weighted by molar-refractivity contribution is 6.33. The minimum atomic E-state index is 0.663. The van der Waals surface area contributed by atoms with Gasteiger partial charge in [-0.25, -0.2) is 0 Å². The molecule has 1 aromatic carbocycles. The van der Waals surface area contributed by atoms with Gasteiger partial charge in [0.25, 0.3) is 0 Å².